The molecule has 0 heterocycles. The Labute approximate surface area is 107 Å². The Morgan fingerprint density at radius 3 is 0.810 bits per heavy atom. The van der Waals surface area contributed by atoms with Gasteiger partial charge in [-0.15, -0.1) is 0 Å². The van der Waals surface area contributed by atoms with Gasteiger partial charge in [0.25, 0.3) is 0 Å². The van der Waals surface area contributed by atoms with Crippen LogP contribution in [0.2, 0.25) is 0 Å². The van der Waals surface area contributed by atoms with Crippen molar-refractivity contribution < 1.29 is 57.5 Å². The fourth-order valence-electron chi connectivity index (χ4n) is 1.59. The zero-order valence-electron chi connectivity index (χ0n) is 9.25. The average molecular weight is 344 g/mol. The van der Waals surface area contributed by atoms with E-state index in [0.29, 0.717) is 0 Å². The topological polar surface area (TPSA) is 17.1 Å². The van der Waals surface area contributed by atoms with Crippen molar-refractivity contribution in [2.24, 2.45) is 17.8 Å². The molecule has 0 bridgehead atoms. The van der Waals surface area contributed by atoms with Gasteiger partial charge in [-0.2, -0.15) is 52.7 Å². The second-order valence-corrected chi connectivity index (χ2v) is 3.84. The third-order valence-electron chi connectivity index (χ3n) is 2.34. The van der Waals surface area contributed by atoms with Crippen LogP contribution in [0.25, 0.3) is 0 Å². The van der Waals surface area contributed by atoms with Gasteiger partial charge in [-0.3, -0.25) is 0 Å². The number of hydrogen-bond acceptors (Lipinski definition) is 1. The highest BCUT2D eigenvalue weighted by molar-refractivity contribution is 5.55. The monoisotopic (exact) mass is 344 g/mol. The first-order valence-electron chi connectivity index (χ1n) is 4.66. The molecule has 0 atom stereocenters. The van der Waals surface area contributed by atoms with Gasteiger partial charge in [-0.1, -0.05) is 0 Å². The summed E-state index contributed by atoms with van der Waals surface area (Å²) in [6.07, 6.45) is -27.7. The highest BCUT2D eigenvalue weighted by Crippen LogP contribution is 2.52. The Balaban J connectivity index is 6.10. The van der Waals surface area contributed by atoms with E-state index in [1.54, 1.807) is 0 Å². The molecule has 0 saturated heterocycles. The molecule has 0 aromatic carbocycles. The number of aldehydes is 1. The standard InChI is InChI=1S/C8H4F12O/c9-5(10,11)3(6(12,13)14)2(1-21)4(7(15,16)17)8(18,19)20/h1-4H. The van der Waals surface area contributed by atoms with E-state index >= 15 is 0 Å². The van der Waals surface area contributed by atoms with Gasteiger partial charge < -0.3 is 4.79 Å². The second-order valence-electron chi connectivity index (χ2n) is 3.84. The number of alkyl halides is 12. The third kappa shape index (κ3) is 4.95. The van der Waals surface area contributed by atoms with Crippen LogP contribution in [0.4, 0.5) is 52.7 Å². The van der Waals surface area contributed by atoms with Gasteiger partial charge in [-0.25, -0.2) is 0 Å². The summed E-state index contributed by atoms with van der Waals surface area (Å²) in [5, 5.41) is 0. The summed E-state index contributed by atoms with van der Waals surface area (Å²) < 4.78 is 146. The van der Waals surface area contributed by atoms with Crippen molar-refractivity contribution in [2.75, 3.05) is 0 Å². The van der Waals surface area contributed by atoms with E-state index in [1.807, 2.05) is 0 Å². The first kappa shape index (κ1) is 19.8. The van der Waals surface area contributed by atoms with Gasteiger partial charge in [0, 0.05) is 0 Å². The van der Waals surface area contributed by atoms with Crippen molar-refractivity contribution >= 4 is 6.29 Å². The summed E-state index contributed by atoms with van der Waals surface area (Å²) in [4.78, 5) is 10.2. The van der Waals surface area contributed by atoms with Gasteiger partial charge in [0.2, 0.25) is 0 Å². The van der Waals surface area contributed by atoms with Crippen LogP contribution in [0.1, 0.15) is 0 Å². The van der Waals surface area contributed by atoms with Crippen molar-refractivity contribution in [3.05, 3.63) is 0 Å². The number of hydrogen-bond donors (Lipinski definition) is 0. The van der Waals surface area contributed by atoms with Crippen LogP contribution < -0.4 is 0 Å². The number of halogens is 12. The summed E-state index contributed by atoms with van der Waals surface area (Å²) in [6, 6.07) is 0. The van der Waals surface area contributed by atoms with Crippen LogP contribution in [0.3, 0.4) is 0 Å². The van der Waals surface area contributed by atoms with Gasteiger partial charge in [0.05, 0.1) is 5.92 Å². The van der Waals surface area contributed by atoms with E-state index < -0.39 is 48.7 Å². The maximum atomic E-state index is 12.2. The van der Waals surface area contributed by atoms with E-state index in [-0.39, 0.29) is 0 Å². The SMILES string of the molecule is O=CC(C(C(F)(F)F)C(F)(F)F)C(C(F)(F)F)C(F)(F)F. The average Bonchev–Trinajstić information content (AvgIpc) is 2.06. The lowest BCUT2D eigenvalue weighted by molar-refractivity contribution is -0.340. The fourth-order valence-corrected chi connectivity index (χ4v) is 1.59. The van der Waals surface area contributed by atoms with Crippen molar-refractivity contribution in [1.29, 1.82) is 0 Å². The van der Waals surface area contributed by atoms with Crippen LogP contribution in [-0.2, 0) is 4.79 Å². The molecule has 126 valence electrons. The Morgan fingerprint density at radius 2 is 0.714 bits per heavy atom. The molecule has 13 heteroatoms. The molecule has 0 saturated carbocycles. The minimum atomic E-state index is -6.52. The first-order chi connectivity index (χ1) is 8.94. The van der Waals surface area contributed by atoms with Crippen LogP contribution in [0, 0.1) is 17.8 Å². The van der Waals surface area contributed by atoms with Crippen LogP contribution in [-0.4, -0.2) is 31.0 Å². The summed E-state index contributed by atoms with van der Waals surface area (Å²) in [5.74, 6) is -14.6. The highest BCUT2D eigenvalue weighted by Gasteiger charge is 2.70. The molecular weight excluding hydrogens is 340 g/mol. The molecule has 0 aliphatic rings. The molecule has 0 N–H and O–H groups in total. The minimum absolute atomic E-state index is 1.63. The number of carbonyl (C=O) groups is 1. The zero-order valence-corrected chi connectivity index (χ0v) is 9.25. The third-order valence-corrected chi connectivity index (χ3v) is 2.34. The predicted molar refractivity (Wildman–Crippen MR) is 40.8 cm³/mol. The van der Waals surface area contributed by atoms with Crippen molar-refractivity contribution in [3.8, 4) is 0 Å². The maximum absolute atomic E-state index is 12.2. The van der Waals surface area contributed by atoms with E-state index in [0.717, 1.165) is 0 Å². The molecule has 0 aromatic rings. The summed E-state index contributed by atoms with van der Waals surface area (Å²) >= 11 is 0. The Hall–Kier alpha value is -1.17. The normalized spacial score (nSPS) is 15.2. The molecule has 0 rings (SSSR count). The van der Waals surface area contributed by atoms with Gasteiger partial charge in [0.1, 0.15) is 6.29 Å². The molecular formula is C8H4F12O. The lowest BCUT2D eigenvalue weighted by Gasteiger charge is -2.34. The van der Waals surface area contributed by atoms with Crippen LogP contribution in [0.5, 0.6) is 0 Å². The Morgan fingerprint density at radius 1 is 0.524 bits per heavy atom. The van der Waals surface area contributed by atoms with E-state index in [2.05, 4.69) is 0 Å². The molecule has 0 spiro atoms. The molecule has 0 amide bonds. The van der Waals surface area contributed by atoms with Crippen molar-refractivity contribution in [2.45, 2.75) is 24.7 Å². The van der Waals surface area contributed by atoms with Crippen LogP contribution in [0.15, 0.2) is 0 Å². The lowest BCUT2D eigenvalue weighted by Crippen LogP contribution is -2.52. The summed E-state index contributed by atoms with van der Waals surface area (Å²) in [7, 11) is 0. The first-order valence-corrected chi connectivity index (χ1v) is 4.66. The molecule has 21 heavy (non-hydrogen) atoms. The predicted octanol–water partition coefficient (Wildman–Crippen LogP) is 4.28. The molecule has 1 nitrogen and oxygen atoms in total. The molecule has 0 radical (unpaired) electrons. The largest absolute Gasteiger partial charge is 0.401 e. The Bertz CT molecular complexity index is 297. The Kier molecular flexibility index (Phi) is 5.24. The van der Waals surface area contributed by atoms with E-state index in [4.69, 9.17) is 0 Å². The smallest absolute Gasteiger partial charge is 0.303 e. The lowest BCUT2D eigenvalue weighted by atomic mass is 9.80. The quantitative estimate of drug-likeness (QED) is 0.552. The van der Waals surface area contributed by atoms with Crippen molar-refractivity contribution in [3.63, 3.8) is 0 Å². The second kappa shape index (κ2) is 5.55. The minimum Gasteiger partial charge on any atom is -0.303 e. The van der Waals surface area contributed by atoms with E-state index in [9.17, 15) is 57.5 Å². The van der Waals surface area contributed by atoms with Gasteiger partial charge in [0.15, 0.2) is 11.8 Å². The number of rotatable bonds is 3. The maximum Gasteiger partial charge on any atom is 0.401 e. The molecule has 0 unspecified atom stereocenters. The molecule has 0 fully saturated rings. The molecule has 0 aliphatic heterocycles. The molecule has 0 aromatic heterocycles. The van der Waals surface area contributed by atoms with Gasteiger partial charge in [-0.05, 0) is 0 Å². The van der Waals surface area contributed by atoms with Gasteiger partial charge >= 0.3 is 24.7 Å². The molecule has 0 aliphatic carbocycles. The van der Waals surface area contributed by atoms with Crippen molar-refractivity contribution in [1.82, 2.24) is 0 Å². The fraction of sp³-hybridized carbons (Fsp3) is 0.875. The zero-order chi connectivity index (χ0) is 17.4. The highest BCUT2D eigenvalue weighted by atomic mass is 19.4. The number of carbonyl (C=O) groups excluding carboxylic acids is 1. The van der Waals surface area contributed by atoms with E-state index in [1.165, 1.54) is 0 Å². The summed E-state index contributed by atoms with van der Waals surface area (Å²) in [5.41, 5.74) is 0. The summed E-state index contributed by atoms with van der Waals surface area (Å²) in [6.45, 7) is 0. The van der Waals surface area contributed by atoms with Crippen LogP contribution >= 0.6 is 0 Å².